The monoisotopic (exact) mass is 300 g/mol. The van der Waals surface area contributed by atoms with Crippen LogP contribution in [0.25, 0.3) is 10.4 Å². The Balaban J connectivity index is 2.11. The van der Waals surface area contributed by atoms with Crippen LogP contribution in [0.1, 0.15) is 11.7 Å². The summed E-state index contributed by atoms with van der Waals surface area (Å²) in [6.07, 6.45) is -0.710. The van der Waals surface area contributed by atoms with Crippen LogP contribution in [-0.4, -0.2) is 38.8 Å². The molecule has 114 valence electrons. The van der Waals surface area contributed by atoms with Crippen molar-refractivity contribution in [3.05, 3.63) is 40.3 Å². The lowest BCUT2D eigenvalue weighted by atomic mass is 10.0. The number of benzene rings is 1. The van der Waals surface area contributed by atoms with Crippen LogP contribution in [0.3, 0.4) is 0 Å². The standard InChI is InChI=1S/C13H15F3N4O/c1-21-12(11(6-14)18-19-17)9-2-4-10(5-3-9)20-7-13(15,16)8-20/h2-5,11-12H,6-8H2,1H3/t11-,12-/m1/s1. The molecule has 0 N–H and O–H groups in total. The third-order valence-corrected chi connectivity index (χ3v) is 3.39. The molecule has 1 fully saturated rings. The summed E-state index contributed by atoms with van der Waals surface area (Å²) < 4.78 is 43.7. The lowest BCUT2D eigenvalue weighted by molar-refractivity contribution is -0.0262. The molecule has 2 atom stereocenters. The molecule has 0 aliphatic carbocycles. The van der Waals surface area contributed by atoms with Crippen molar-refractivity contribution in [1.29, 1.82) is 0 Å². The second-order valence-corrected chi connectivity index (χ2v) is 4.89. The molecule has 1 aromatic carbocycles. The molecule has 1 aromatic rings. The van der Waals surface area contributed by atoms with E-state index in [0.717, 1.165) is 0 Å². The Bertz CT molecular complexity index is 523. The van der Waals surface area contributed by atoms with Crippen molar-refractivity contribution in [1.82, 2.24) is 0 Å². The molecular formula is C13H15F3N4O. The summed E-state index contributed by atoms with van der Waals surface area (Å²) in [5.74, 6) is -2.63. The number of nitrogens with zero attached hydrogens (tertiary/aromatic N) is 4. The van der Waals surface area contributed by atoms with Gasteiger partial charge in [0.1, 0.15) is 6.67 Å². The Morgan fingerprint density at radius 2 is 2.00 bits per heavy atom. The van der Waals surface area contributed by atoms with Gasteiger partial charge in [0.05, 0.1) is 25.2 Å². The van der Waals surface area contributed by atoms with Gasteiger partial charge in [-0.15, -0.1) is 0 Å². The largest absolute Gasteiger partial charge is 0.376 e. The normalized spacial score (nSPS) is 19.3. The molecule has 0 radical (unpaired) electrons. The maximum absolute atomic E-state index is 12.9. The fraction of sp³-hybridized carbons (Fsp3) is 0.538. The Morgan fingerprint density at radius 1 is 1.38 bits per heavy atom. The fourth-order valence-corrected chi connectivity index (χ4v) is 2.32. The van der Waals surface area contributed by atoms with Crippen LogP contribution in [0.2, 0.25) is 0 Å². The van der Waals surface area contributed by atoms with Crippen molar-refractivity contribution < 1.29 is 17.9 Å². The van der Waals surface area contributed by atoms with Gasteiger partial charge in [-0.3, -0.25) is 4.39 Å². The highest BCUT2D eigenvalue weighted by atomic mass is 19.3. The van der Waals surface area contributed by atoms with E-state index in [4.69, 9.17) is 10.3 Å². The van der Waals surface area contributed by atoms with Gasteiger partial charge in [0.2, 0.25) is 0 Å². The van der Waals surface area contributed by atoms with Crippen molar-refractivity contribution in [2.75, 3.05) is 31.8 Å². The highest BCUT2D eigenvalue weighted by molar-refractivity contribution is 5.51. The van der Waals surface area contributed by atoms with E-state index in [1.165, 1.54) is 7.11 Å². The van der Waals surface area contributed by atoms with Gasteiger partial charge >= 0.3 is 0 Å². The van der Waals surface area contributed by atoms with Crippen LogP contribution >= 0.6 is 0 Å². The minimum Gasteiger partial charge on any atom is -0.376 e. The number of azide groups is 1. The first-order valence-electron chi connectivity index (χ1n) is 6.36. The predicted molar refractivity (Wildman–Crippen MR) is 72.3 cm³/mol. The number of rotatable bonds is 6. The number of ether oxygens (including phenoxy) is 1. The highest BCUT2D eigenvalue weighted by Crippen LogP contribution is 2.33. The molecule has 0 spiro atoms. The zero-order valence-electron chi connectivity index (χ0n) is 11.4. The SMILES string of the molecule is CO[C@H](c1ccc(N2CC(F)(F)C2)cc1)[C@@H](CF)N=[N+]=[N-]. The smallest absolute Gasteiger partial charge is 0.282 e. The van der Waals surface area contributed by atoms with E-state index in [1.807, 2.05) is 0 Å². The molecular weight excluding hydrogens is 285 g/mol. The van der Waals surface area contributed by atoms with E-state index >= 15 is 0 Å². The summed E-state index contributed by atoms with van der Waals surface area (Å²) in [6.45, 7) is -1.44. The number of hydrogen-bond donors (Lipinski definition) is 0. The number of methoxy groups -OCH3 is 1. The first-order valence-corrected chi connectivity index (χ1v) is 6.36. The zero-order valence-corrected chi connectivity index (χ0v) is 11.4. The van der Waals surface area contributed by atoms with Gasteiger partial charge in [-0.2, -0.15) is 0 Å². The van der Waals surface area contributed by atoms with Gasteiger partial charge in [0.25, 0.3) is 5.92 Å². The Labute approximate surface area is 119 Å². The van der Waals surface area contributed by atoms with Gasteiger partial charge < -0.3 is 9.64 Å². The molecule has 5 nitrogen and oxygen atoms in total. The van der Waals surface area contributed by atoms with Crippen LogP contribution < -0.4 is 4.90 Å². The van der Waals surface area contributed by atoms with Crippen molar-refractivity contribution in [2.45, 2.75) is 18.1 Å². The van der Waals surface area contributed by atoms with Gasteiger partial charge in [-0.05, 0) is 23.2 Å². The lowest BCUT2D eigenvalue weighted by Crippen LogP contribution is -2.56. The highest BCUT2D eigenvalue weighted by Gasteiger charge is 2.43. The van der Waals surface area contributed by atoms with E-state index in [9.17, 15) is 13.2 Å². The molecule has 1 aliphatic rings. The molecule has 1 saturated heterocycles. The summed E-state index contributed by atoms with van der Waals surface area (Å²) in [7, 11) is 1.39. The molecule has 0 unspecified atom stereocenters. The summed E-state index contributed by atoms with van der Waals surface area (Å²) in [5, 5.41) is 3.37. The van der Waals surface area contributed by atoms with Gasteiger partial charge in [-0.1, -0.05) is 17.2 Å². The average molecular weight is 300 g/mol. The maximum atomic E-state index is 12.9. The van der Waals surface area contributed by atoms with E-state index in [0.29, 0.717) is 11.3 Å². The van der Waals surface area contributed by atoms with E-state index in [1.54, 1.807) is 29.2 Å². The Morgan fingerprint density at radius 3 is 2.43 bits per heavy atom. The first kappa shape index (κ1) is 15.5. The number of anilines is 1. The minimum absolute atomic E-state index is 0.300. The third-order valence-electron chi connectivity index (χ3n) is 3.39. The Hall–Kier alpha value is -1.92. The molecule has 1 aliphatic heterocycles. The average Bonchev–Trinajstić information content (AvgIpc) is 2.45. The van der Waals surface area contributed by atoms with Crippen molar-refractivity contribution in [2.24, 2.45) is 5.11 Å². The van der Waals surface area contributed by atoms with Crippen LogP contribution in [0.4, 0.5) is 18.9 Å². The second kappa shape index (κ2) is 6.24. The molecule has 21 heavy (non-hydrogen) atoms. The van der Waals surface area contributed by atoms with Gasteiger partial charge in [0.15, 0.2) is 0 Å². The molecule has 0 aromatic heterocycles. The van der Waals surface area contributed by atoms with E-state index in [-0.39, 0.29) is 13.1 Å². The molecule has 0 bridgehead atoms. The fourth-order valence-electron chi connectivity index (χ4n) is 2.32. The maximum Gasteiger partial charge on any atom is 0.282 e. The van der Waals surface area contributed by atoms with E-state index in [2.05, 4.69) is 10.0 Å². The summed E-state index contributed by atoms with van der Waals surface area (Å²) in [6, 6.07) is 5.70. The minimum atomic E-state index is -2.63. The summed E-state index contributed by atoms with van der Waals surface area (Å²) in [5.41, 5.74) is 9.72. The van der Waals surface area contributed by atoms with Crippen molar-refractivity contribution in [3.63, 3.8) is 0 Å². The zero-order chi connectivity index (χ0) is 15.5. The van der Waals surface area contributed by atoms with Crippen LogP contribution in [0.15, 0.2) is 29.4 Å². The summed E-state index contributed by atoms with van der Waals surface area (Å²) >= 11 is 0. The van der Waals surface area contributed by atoms with Crippen molar-refractivity contribution in [3.8, 4) is 0 Å². The number of halogens is 3. The molecule has 2 rings (SSSR count). The molecule has 0 saturated carbocycles. The van der Waals surface area contributed by atoms with Crippen molar-refractivity contribution >= 4 is 5.69 Å². The molecule has 8 heteroatoms. The van der Waals surface area contributed by atoms with Crippen LogP contribution in [0.5, 0.6) is 0 Å². The molecule has 0 amide bonds. The van der Waals surface area contributed by atoms with Gasteiger partial charge in [0, 0.05) is 17.7 Å². The van der Waals surface area contributed by atoms with Gasteiger partial charge in [-0.25, -0.2) is 8.78 Å². The number of alkyl halides is 3. The number of hydrogen-bond acceptors (Lipinski definition) is 3. The first-order chi connectivity index (χ1) is 10.0. The third kappa shape index (κ3) is 3.40. The quantitative estimate of drug-likeness (QED) is 0.459. The predicted octanol–water partition coefficient (Wildman–Crippen LogP) is 3.48. The Kier molecular flexibility index (Phi) is 4.59. The topological polar surface area (TPSA) is 61.2 Å². The lowest BCUT2D eigenvalue weighted by Gasteiger charge is -2.40. The van der Waals surface area contributed by atoms with E-state index < -0.39 is 24.7 Å². The second-order valence-electron chi connectivity index (χ2n) is 4.89. The van der Waals surface area contributed by atoms with Crippen LogP contribution in [0, 0.1) is 0 Å². The van der Waals surface area contributed by atoms with Crippen LogP contribution in [-0.2, 0) is 4.74 Å². The summed E-state index contributed by atoms with van der Waals surface area (Å²) in [4.78, 5) is 4.15. The molecule has 1 heterocycles.